The van der Waals surface area contributed by atoms with Crippen LogP contribution in [0.15, 0.2) is 36.4 Å². The molecule has 10 heteroatoms. The Hall–Kier alpha value is -4.08. The Bertz CT molecular complexity index is 1240. The van der Waals surface area contributed by atoms with Gasteiger partial charge in [0.15, 0.2) is 0 Å². The minimum absolute atomic E-state index is 0.0257. The van der Waals surface area contributed by atoms with Gasteiger partial charge in [0.05, 0.1) is 34.1 Å². The van der Waals surface area contributed by atoms with Crippen molar-refractivity contribution < 1.29 is 14.8 Å². The first-order chi connectivity index (χ1) is 13.4. The molecular formula is C18H14N6O4. The zero-order chi connectivity index (χ0) is 19.8. The van der Waals surface area contributed by atoms with Crippen molar-refractivity contribution in [3.05, 3.63) is 52.2 Å². The summed E-state index contributed by atoms with van der Waals surface area (Å²) in [6.45, 7) is 1.83. The van der Waals surface area contributed by atoms with E-state index in [0.717, 1.165) is 5.39 Å². The standard InChI is InChI=1S/C18H14N6O4/c1-9-13-8-11(28-2)4-6-14(13)20-17(19-9)23-18-21-15-7-10(24(26)27)3-5-12(15)16(25)22-18/h3-8H,1-2H3,(H2,19,20,21,22,23,25). The van der Waals surface area contributed by atoms with Gasteiger partial charge in [0.1, 0.15) is 5.75 Å². The lowest BCUT2D eigenvalue weighted by Gasteiger charge is -2.09. The lowest BCUT2D eigenvalue weighted by molar-refractivity contribution is -0.384. The third-order valence-corrected chi connectivity index (χ3v) is 4.19. The summed E-state index contributed by atoms with van der Waals surface area (Å²) in [5.74, 6) is 0.658. The molecule has 0 aliphatic carbocycles. The van der Waals surface area contributed by atoms with Gasteiger partial charge < -0.3 is 9.84 Å². The lowest BCUT2D eigenvalue weighted by Crippen LogP contribution is -2.03. The van der Waals surface area contributed by atoms with Crippen LogP contribution >= 0.6 is 0 Å². The Morgan fingerprint density at radius 1 is 1.00 bits per heavy atom. The summed E-state index contributed by atoms with van der Waals surface area (Å²) in [4.78, 5) is 27.4. The van der Waals surface area contributed by atoms with Crippen molar-refractivity contribution >= 4 is 39.4 Å². The molecule has 2 heterocycles. The van der Waals surface area contributed by atoms with Crippen molar-refractivity contribution in [3.8, 4) is 11.6 Å². The van der Waals surface area contributed by atoms with Crippen LogP contribution in [0.3, 0.4) is 0 Å². The number of nitro benzene ring substituents is 1. The number of ether oxygens (including phenoxy) is 1. The summed E-state index contributed by atoms with van der Waals surface area (Å²) < 4.78 is 5.22. The monoisotopic (exact) mass is 378 g/mol. The molecular weight excluding hydrogens is 364 g/mol. The number of fused-ring (bicyclic) bond motifs is 2. The fourth-order valence-electron chi connectivity index (χ4n) is 2.81. The van der Waals surface area contributed by atoms with Crippen molar-refractivity contribution in [3.63, 3.8) is 0 Å². The molecule has 28 heavy (non-hydrogen) atoms. The number of nitro groups is 1. The van der Waals surface area contributed by atoms with Crippen molar-refractivity contribution in [2.45, 2.75) is 6.92 Å². The van der Waals surface area contributed by atoms with Crippen LogP contribution < -0.4 is 10.1 Å². The second kappa shape index (κ2) is 6.58. The molecule has 0 bridgehead atoms. The molecule has 0 saturated carbocycles. The molecule has 140 valence electrons. The fourth-order valence-corrected chi connectivity index (χ4v) is 2.81. The maximum absolute atomic E-state index is 11.0. The lowest BCUT2D eigenvalue weighted by atomic mass is 10.2. The van der Waals surface area contributed by atoms with Gasteiger partial charge in [-0.05, 0) is 31.2 Å². The zero-order valence-corrected chi connectivity index (χ0v) is 14.9. The minimum atomic E-state index is -0.532. The van der Waals surface area contributed by atoms with E-state index in [1.54, 1.807) is 19.2 Å². The SMILES string of the molecule is COc1ccc2nc(Nc3nc(O)c4ccc([N+](=O)[O-])cc4n3)nc(C)c2c1. The van der Waals surface area contributed by atoms with Crippen LogP contribution in [0.5, 0.6) is 11.6 Å². The highest BCUT2D eigenvalue weighted by molar-refractivity contribution is 5.87. The van der Waals surface area contributed by atoms with E-state index in [1.165, 1.54) is 18.2 Å². The molecule has 4 aromatic rings. The number of methoxy groups -OCH3 is 1. The molecule has 0 spiro atoms. The molecule has 2 aromatic carbocycles. The number of non-ortho nitro benzene ring substituents is 1. The second-order valence-electron chi connectivity index (χ2n) is 5.97. The molecule has 0 atom stereocenters. The largest absolute Gasteiger partial charge is 0.497 e. The number of aromatic hydroxyl groups is 1. The Kier molecular flexibility index (Phi) is 4.07. The van der Waals surface area contributed by atoms with Crippen LogP contribution in [-0.4, -0.2) is 37.1 Å². The van der Waals surface area contributed by atoms with Gasteiger partial charge in [-0.15, -0.1) is 0 Å². The predicted molar refractivity (Wildman–Crippen MR) is 102 cm³/mol. The van der Waals surface area contributed by atoms with E-state index in [0.29, 0.717) is 22.3 Å². The van der Waals surface area contributed by atoms with Crippen molar-refractivity contribution in [2.75, 3.05) is 12.4 Å². The number of nitrogens with zero attached hydrogens (tertiary/aromatic N) is 5. The van der Waals surface area contributed by atoms with E-state index in [2.05, 4.69) is 25.3 Å². The van der Waals surface area contributed by atoms with Crippen LogP contribution in [0.2, 0.25) is 0 Å². The first-order valence-corrected chi connectivity index (χ1v) is 8.19. The predicted octanol–water partition coefficient (Wildman–Crippen LogP) is 3.25. The number of rotatable bonds is 4. The van der Waals surface area contributed by atoms with Crippen LogP contribution in [0.4, 0.5) is 17.6 Å². The van der Waals surface area contributed by atoms with Gasteiger partial charge in [0.25, 0.3) is 5.69 Å². The van der Waals surface area contributed by atoms with Crippen LogP contribution in [0.25, 0.3) is 21.8 Å². The highest BCUT2D eigenvalue weighted by Crippen LogP contribution is 2.28. The first-order valence-electron chi connectivity index (χ1n) is 8.19. The van der Waals surface area contributed by atoms with Gasteiger partial charge in [-0.25, -0.2) is 15.0 Å². The number of hydrogen-bond donors (Lipinski definition) is 2. The van der Waals surface area contributed by atoms with Gasteiger partial charge in [-0.3, -0.25) is 15.4 Å². The minimum Gasteiger partial charge on any atom is -0.497 e. The summed E-state index contributed by atoms with van der Waals surface area (Å²) in [6.07, 6.45) is 0. The highest BCUT2D eigenvalue weighted by Gasteiger charge is 2.13. The van der Waals surface area contributed by atoms with Crippen molar-refractivity contribution in [2.24, 2.45) is 0 Å². The Morgan fingerprint density at radius 2 is 1.75 bits per heavy atom. The molecule has 0 aliphatic rings. The number of nitrogens with one attached hydrogen (secondary N) is 1. The van der Waals surface area contributed by atoms with Crippen LogP contribution in [0.1, 0.15) is 5.69 Å². The fraction of sp³-hybridized carbons (Fsp3) is 0.111. The van der Waals surface area contributed by atoms with E-state index >= 15 is 0 Å². The maximum atomic E-state index is 11.0. The maximum Gasteiger partial charge on any atom is 0.271 e. The summed E-state index contributed by atoms with van der Waals surface area (Å²) >= 11 is 0. The molecule has 0 saturated heterocycles. The second-order valence-corrected chi connectivity index (χ2v) is 5.97. The first kappa shape index (κ1) is 17.3. The van der Waals surface area contributed by atoms with Crippen LogP contribution in [-0.2, 0) is 0 Å². The summed E-state index contributed by atoms with van der Waals surface area (Å²) in [5.41, 5.74) is 1.50. The topological polar surface area (TPSA) is 136 Å². The van der Waals surface area contributed by atoms with E-state index in [4.69, 9.17) is 4.74 Å². The van der Waals surface area contributed by atoms with E-state index in [9.17, 15) is 15.2 Å². The van der Waals surface area contributed by atoms with E-state index in [1.807, 2.05) is 13.0 Å². The molecule has 0 unspecified atom stereocenters. The van der Waals surface area contributed by atoms with Gasteiger partial charge in [0.2, 0.25) is 17.8 Å². The van der Waals surface area contributed by atoms with E-state index < -0.39 is 4.92 Å². The Balaban J connectivity index is 1.75. The normalized spacial score (nSPS) is 10.9. The Labute approximate surface area is 158 Å². The number of aryl methyl sites for hydroxylation is 1. The van der Waals surface area contributed by atoms with Gasteiger partial charge in [-0.1, -0.05) is 0 Å². The average molecular weight is 378 g/mol. The average Bonchev–Trinajstić information content (AvgIpc) is 2.67. The van der Waals surface area contributed by atoms with Gasteiger partial charge in [-0.2, -0.15) is 4.98 Å². The van der Waals surface area contributed by atoms with Crippen molar-refractivity contribution in [1.82, 2.24) is 19.9 Å². The Morgan fingerprint density at radius 3 is 2.50 bits per heavy atom. The summed E-state index contributed by atoms with van der Waals surface area (Å²) in [7, 11) is 1.58. The molecule has 0 fully saturated rings. The zero-order valence-electron chi connectivity index (χ0n) is 14.9. The number of benzene rings is 2. The van der Waals surface area contributed by atoms with E-state index in [-0.39, 0.29) is 29.0 Å². The number of anilines is 2. The molecule has 0 radical (unpaired) electrons. The molecule has 10 nitrogen and oxygen atoms in total. The molecule has 2 N–H and O–H groups in total. The van der Waals surface area contributed by atoms with Gasteiger partial charge >= 0.3 is 0 Å². The number of hydrogen-bond acceptors (Lipinski definition) is 9. The molecule has 0 amide bonds. The third kappa shape index (κ3) is 3.07. The van der Waals surface area contributed by atoms with Crippen molar-refractivity contribution in [1.29, 1.82) is 0 Å². The molecule has 0 aliphatic heterocycles. The highest BCUT2D eigenvalue weighted by atomic mass is 16.6. The smallest absolute Gasteiger partial charge is 0.271 e. The number of aromatic nitrogens is 4. The van der Waals surface area contributed by atoms with Crippen LogP contribution in [0, 0.1) is 17.0 Å². The summed E-state index contributed by atoms with van der Waals surface area (Å²) in [5, 5.41) is 25.1. The quantitative estimate of drug-likeness (QED) is 0.405. The molecule has 4 rings (SSSR count). The third-order valence-electron chi connectivity index (χ3n) is 4.19. The molecule has 2 aromatic heterocycles. The van der Waals surface area contributed by atoms with Gasteiger partial charge in [0, 0.05) is 17.5 Å². The summed E-state index contributed by atoms with van der Waals surface area (Å²) in [6, 6.07) is 9.37.